The molecule has 1 aliphatic rings. The van der Waals surface area contributed by atoms with Crippen LogP contribution in [0.25, 0.3) is 0 Å². The zero-order chi connectivity index (χ0) is 13.3. The van der Waals surface area contributed by atoms with Crippen LogP contribution in [0.15, 0.2) is 6.07 Å². The maximum absolute atomic E-state index is 6.37. The number of rotatable bonds is 4. The average molecular weight is 268 g/mol. The number of hydrogen-bond donors (Lipinski definition) is 1. The molecule has 0 saturated carbocycles. The number of nitrogens with one attached hydrogen (secondary N) is 1. The summed E-state index contributed by atoms with van der Waals surface area (Å²) in [5.74, 6) is 1.01. The molecule has 2 rings (SSSR count). The van der Waals surface area contributed by atoms with Crippen LogP contribution >= 0.6 is 11.6 Å². The number of ether oxygens (including phenoxy) is 1. The lowest BCUT2D eigenvalue weighted by atomic mass is 9.95. The van der Waals surface area contributed by atoms with Crippen molar-refractivity contribution in [2.75, 3.05) is 6.54 Å². The van der Waals surface area contributed by atoms with Gasteiger partial charge in [-0.1, -0.05) is 31.9 Å². The fourth-order valence-electron chi connectivity index (χ4n) is 2.80. The van der Waals surface area contributed by atoms with Gasteiger partial charge in [0.25, 0.3) is 0 Å². The van der Waals surface area contributed by atoms with Crippen molar-refractivity contribution >= 4 is 11.6 Å². The maximum atomic E-state index is 6.37. The zero-order valence-corrected chi connectivity index (χ0v) is 12.4. The van der Waals surface area contributed by atoms with Crippen molar-refractivity contribution in [3.63, 3.8) is 0 Å². The van der Waals surface area contributed by atoms with Gasteiger partial charge in [-0.3, -0.25) is 0 Å². The minimum atomic E-state index is 0.238. The smallest absolute Gasteiger partial charge is 0.125 e. The van der Waals surface area contributed by atoms with Gasteiger partial charge in [-0.2, -0.15) is 0 Å². The lowest BCUT2D eigenvalue weighted by Gasteiger charge is -2.20. The Morgan fingerprint density at radius 1 is 1.33 bits per heavy atom. The molecular weight excluding hydrogens is 246 g/mol. The van der Waals surface area contributed by atoms with Crippen molar-refractivity contribution in [1.82, 2.24) is 5.32 Å². The van der Waals surface area contributed by atoms with Gasteiger partial charge < -0.3 is 10.1 Å². The topological polar surface area (TPSA) is 21.3 Å². The Bertz CT molecular complexity index is 445. The highest BCUT2D eigenvalue weighted by Crippen LogP contribution is 2.43. The van der Waals surface area contributed by atoms with E-state index in [9.17, 15) is 0 Å². The van der Waals surface area contributed by atoms with Crippen LogP contribution in [-0.4, -0.2) is 12.6 Å². The number of benzene rings is 1. The van der Waals surface area contributed by atoms with Gasteiger partial charge >= 0.3 is 0 Å². The summed E-state index contributed by atoms with van der Waals surface area (Å²) in [7, 11) is 0. The van der Waals surface area contributed by atoms with Crippen molar-refractivity contribution in [2.24, 2.45) is 0 Å². The van der Waals surface area contributed by atoms with Crippen LogP contribution in [0.2, 0.25) is 5.02 Å². The van der Waals surface area contributed by atoms with E-state index in [1.165, 1.54) is 5.56 Å². The molecule has 0 radical (unpaired) electrons. The maximum Gasteiger partial charge on any atom is 0.125 e. The first-order chi connectivity index (χ1) is 8.60. The average Bonchev–Trinajstić information content (AvgIpc) is 2.66. The molecule has 0 amide bonds. The SMILES string of the molecule is CCCC1Oc2cc(C)c(Cl)c(C)c2C1NCC. The molecule has 0 fully saturated rings. The Labute approximate surface area is 115 Å². The molecule has 0 spiro atoms. The molecule has 2 nitrogen and oxygen atoms in total. The molecule has 100 valence electrons. The van der Waals surface area contributed by atoms with Crippen LogP contribution in [0.4, 0.5) is 0 Å². The predicted molar refractivity (Wildman–Crippen MR) is 76.7 cm³/mol. The third kappa shape index (κ3) is 2.24. The third-order valence-corrected chi connectivity index (χ3v) is 4.23. The fourth-order valence-corrected chi connectivity index (χ4v) is 2.96. The first-order valence-electron chi connectivity index (χ1n) is 6.79. The molecule has 1 heterocycles. The molecule has 3 heteroatoms. The Balaban J connectivity index is 2.44. The standard InChI is InChI=1S/C15H22ClNO/c1-5-7-11-15(17-6-2)13-10(4)14(16)9(3)8-12(13)18-11/h8,11,15,17H,5-7H2,1-4H3. The first kappa shape index (κ1) is 13.7. The van der Waals surface area contributed by atoms with Crippen molar-refractivity contribution in [2.45, 2.75) is 52.7 Å². The molecule has 0 saturated heterocycles. The van der Waals surface area contributed by atoms with Gasteiger partial charge in [0.2, 0.25) is 0 Å². The number of likely N-dealkylation sites (N-methyl/N-ethyl adjacent to an activating group) is 1. The predicted octanol–water partition coefficient (Wildman–Crippen LogP) is 4.17. The summed E-state index contributed by atoms with van der Waals surface area (Å²) < 4.78 is 6.11. The monoisotopic (exact) mass is 267 g/mol. The van der Waals surface area contributed by atoms with E-state index in [0.29, 0.717) is 0 Å². The minimum absolute atomic E-state index is 0.238. The zero-order valence-electron chi connectivity index (χ0n) is 11.6. The normalized spacial score (nSPS) is 21.8. The van der Waals surface area contributed by atoms with E-state index in [-0.39, 0.29) is 12.1 Å². The molecule has 2 unspecified atom stereocenters. The summed E-state index contributed by atoms with van der Waals surface area (Å²) in [6.45, 7) is 9.40. The summed E-state index contributed by atoms with van der Waals surface area (Å²) in [5.41, 5.74) is 3.52. The lowest BCUT2D eigenvalue weighted by molar-refractivity contribution is 0.179. The highest BCUT2D eigenvalue weighted by molar-refractivity contribution is 6.32. The van der Waals surface area contributed by atoms with Crippen LogP contribution in [0, 0.1) is 13.8 Å². The van der Waals surface area contributed by atoms with Crippen LogP contribution in [0.5, 0.6) is 5.75 Å². The summed E-state index contributed by atoms with van der Waals surface area (Å²) in [6, 6.07) is 2.35. The number of aryl methyl sites for hydroxylation is 1. The molecule has 2 atom stereocenters. The Morgan fingerprint density at radius 2 is 2.06 bits per heavy atom. The molecular formula is C15H22ClNO. The Hall–Kier alpha value is -0.730. The molecule has 0 bridgehead atoms. The second-order valence-electron chi connectivity index (χ2n) is 5.02. The quantitative estimate of drug-likeness (QED) is 0.884. The second-order valence-corrected chi connectivity index (χ2v) is 5.40. The van der Waals surface area contributed by atoms with E-state index in [1.54, 1.807) is 0 Å². The fraction of sp³-hybridized carbons (Fsp3) is 0.600. The third-order valence-electron chi connectivity index (χ3n) is 3.65. The van der Waals surface area contributed by atoms with E-state index in [1.807, 2.05) is 6.92 Å². The van der Waals surface area contributed by atoms with Crippen molar-refractivity contribution in [1.29, 1.82) is 0 Å². The van der Waals surface area contributed by atoms with E-state index in [2.05, 4.69) is 32.2 Å². The summed E-state index contributed by atoms with van der Waals surface area (Å²) in [6.07, 6.45) is 2.44. The summed E-state index contributed by atoms with van der Waals surface area (Å²) >= 11 is 6.37. The van der Waals surface area contributed by atoms with Crippen LogP contribution in [0.3, 0.4) is 0 Å². The van der Waals surface area contributed by atoms with Gasteiger partial charge in [0.1, 0.15) is 11.9 Å². The van der Waals surface area contributed by atoms with Gasteiger partial charge in [-0.05, 0) is 44.0 Å². The number of halogens is 1. The van der Waals surface area contributed by atoms with E-state index in [4.69, 9.17) is 16.3 Å². The largest absolute Gasteiger partial charge is 0.488 e. The molecule has 1 aliphatic heterocycles. The Kier molecular flexibility index (Phi) is 4.18. The molecule has 18 heavy (non-hydrogen) atoms. The minimum Gasteiger partial charge on any atom is -0.488 e. The van der Waals surface area contributed by atoms with Crippen LogP contribution < -0.4 is 10.1 Å². The van der Waals surface area contributed by atoms with Crippen molar-refractivity contribution in [3.8, 4) is 5.75 Å². The molecule has 1 aromatic rings. The van der Waals surface area contributed by atoms with Gasteiger partial charge in [-0.25, -0.2) is 0 Å². The second kappa shape index (κ2) is 5.50. The van der Waals surface area contributed by atoms with E-state index < -0.39 is 0 Å². The van der Waals surface area contributed by atoms with E-state index in [0.717, 1.165) is 41.3 Å². The summed E-state index contributed by atoms with van der Waals surface area (Å²) in [5, 5.41) is 4.41. The number of hydrogen-bond acceptors (Lipinski definition) is 2. The van der Waals surface area contributed by atoms with Gasteiger partial charge in [0.05, 0.1) is 6.04 Å². The van der Waals surface area contributed by atoms with Gasteiger partial charge in [0, 0.05) is 10.6 Å². The Morgan fingerprint density at radius 3 is 2.67 bits per heavy atom. The summed E-state index contributed by atoms with van der Waals surface area (Å²) in [4.78, 5) is 0. The molecule has 0 aromatic heterocycles. The molecule has 1 aromatic carbocycles. The van der Waals surface area contributed by atoms with Crippen LogP contribution in [0.1, 0.15) is 49.4 Å². The van der Waals surface area contributed by atoms with Crippen LogP contribution in [-0.2, 0) is 0 Å². The van der Waals surface area contributed by atoms with Crippen molar-refractivity contribution < 1.29 is 4.74 Å². The van der Waals surface area contributed by atoms with Gasteiger partial charge in [0.15, 0.2) is 0 Å². The van der Waals surface area contributed by atoms with Crippen molar-refractivity contribution in [3.05, 3.63) is 27.8 Å². The highest BCUT2D eigenvalue weighted by atomic mass is 35.5. The lowest BCUT2D eigenvalue weighted by Crippen LogP contribution is -2.31. The van der Waals surface area contributed by atoms with E-state index >= 15 is 0 Å². The first-order valence-corrected chi connectivity index (χ1v) is 7.17. The van der Waals surface area contributed by atoms with Gasteiger partial charge in [-0.15, -0.1) is 0 Å². The molecule has 1 N–H and O–H groups in total. The highest BCUT2D eigenvalue weighted by Gasteiger charge is 2.35. The number of fused-ring (bicyclic) bond motifs is 1. The molecule has 0 aliphatic carbocycles.